The topological polar surface area (TPSA) is 302 Å². The van der Waals surface area contributed by atoms with Crippen LogP contribution >= 0.6 is 0 Å². The molecule has 5 heterocycles. The van der Waals surface area contributed by atoms with Crippen LogP contribution in [0.1, 0.15) is 118 Å². The molecule has 0 aliphatic carbocycles. The van der Waals surface area contributed by atoms with Gasteiger partial charge in [-0.15, -0.1) is 0 Å². The van der Waals surface area contributed by atoms with Gasteiger partial charge in [-0.25, -0.2) is 19.7 Å². The molecule has 4 aromatic rings. The van der Waals surface area contributed by atoms with Gasteiger partial charge in [0.25, 0.3) is 11.8 Å². The number of urea groups is 1. The van der Waals surface area contributed by atoms with Gasteiger partial charge in [0, 0.05) is 63.0 Å². The first-order chi connectivity index (χ1) is 38.0. The van der Waals surface area contributed by atoms with Gasteiger partial charge < -0.3 is 55.7 Å². The number of aromatic nitrogens is 4. The normalized spacial score (nSPS) is 19.4. The van der Waals surface area contributed by atoms with Crippen molar-refractivity contribution in [1.29, 1.82) is 0 Å². The highest BCUT2D eigenvalue weighted by Crippen LogP contribution is 2.34. The number of imide groups is 2. The van der Waals surface area contributed by atoms with Crippen molar-refractivity contribution in [3.05, 3.63) is 71.8 Å². The van der Waals surface area contributed by atoms with Crippen LogP contribution in [0.15, 0.2) is 55.1 Å². The first-order valence-electron chi connectivity index (χ1n) is 27.4. The van der Waals surface area contributed by atoms with Crippen LogP contribution in [-0.4, -0.2) is 184 Å². The fourth-order valence-electron chi connectivity index (χ4n) is 9.52. The highest BCUT2D eigenvalue weighted by atomic mass is 16.6. The number of nitrogens with one attached hydrogen (secondary N) is 6. The molecule has 0 radical (unpaired) electrons. The van der Waals surface area contributed by atoms with Crippen molar-refractivity contribution in [2.45, 2.75) is 128 Å². The minimum atomic E-state index is -1.21. The average Bonchev–Trinajstić information content (AvgIpc) is 4.14. The summed E-state index contributed by atoms with van der Waals surface area (Å²) in [7, 11) is 0. The van der Waals surface area contributed by atoms with Crippen molar-refractivity contribution in [1.82, 2.24) is 45.3 Å². The summed E-state index contributed by atoms with van der Waals surface area (Å²) >= 11 is 0. The number of nitrogens with zero attached hydrogens (tertiary/aromatic N) is 6. The summed E-state index contributed by atoms with van der Waals surface area (Å²) in [4.78, 5) is 91.6. The molecule has 8 N–H and O–H groups in total. The van der Waals surface area contributed by atoms with Crippen molar-refractivity contribution in [2.75, 3.05) is 94.9 Å². The predicted molar refractivity (Wildman–Crippen MR) is 293 cm³/mol. The van der Waals surface area contributed by atoms with Crippen LogP contribution in [0, 0.1) is 0 Å². The summed E-state index contributed by atoms with van der Waals surface area (Å²) in [6.45, 7) is 15.6. The van der Waals surface area contributed by atoms with Crippen LogP contribution in [-0.2, 0) is 38.7 Å². The maximum Gasteiger partial charge on any atom is 0.319 e. The van der Waals surface area contributed by atoms with Crippen LogP contribution in [0.2, 0.25) is 0 Å². The Labute approximate surface area is 460 Å². The summed E-state index contributed by atoms with van der Waals surface area (Å²) in [6, 6.07) is 11.7. The maximum absolute atomic E-state index is 13.3. The van der Waals surface area contributed by atoms with Crippen molar-refractivity contribution < 1.29 is 57.9 Å². The Kier molecular flexibility index (Phi) is 22.0. The summed E-state index contributed by atoms with van der Waals surface area (Å²) in [5.74, 6) is -1.85. The molecule has 7 rings (SSSR count). The first-order valence-corrected chi connectivity index (χ1v) is 27.4. The number of imidazole rings is 1. The number of carbonyl (C=O) groups is 6. The Morgan fingerprint density at radius 3 is 2.25 bits per heavy atom. The third kappa shape index (κ3) is 16.5. The van der Waals surface area contributed by atoms with Gasteiger partial charge in [0.2, 0.25) is 17.7 Å². The second-order valence-electron chi connectivity index (χ2n) is 21.1. The highest BCUT2D eigenvalue weighted by molar-refractivity contribution is 6.25. The van der Waals surface area contributed by atoms with E-state index in [1.165, 1.54) is 24.3 Å². The molecule has 430 valence electrons. The molecule has 3 aliphatic heterocycles. The molecule has 7 amide bonds. The van der Waals surface area contributed by atoms with Gasteiger partial charge in [0.15, 0.2) is 23.2 Å². The summed E-state index contributed by atoms with van der Waals surface area (Å²) < 4.78 is 24.7. The molecule has 3 unspecified atom stereocenters. The molecule has 2 aromatic heterocycles. The Morgan fingerprint density at radius 2 is 1.52 bits per heavy atom. The molecular formula is C55H78N12O12. The van der Waals surface area contributed by atoms with Crippen LogP contribution in [0.3, 0.4) is 0 Å². The van der Waals surface area contributed by atoms with Crippen LogP contribution < -0.4 is 31.9 Å². The van der Waals surface area contributed by atoms with E-state index in [-0.39, 0.29) is 60.4 Å². The van der Waals surface area contributed by atoms with Gasteiger partial charge >= 0.3 is 6.03 Å². The van der Waals surface area contributed by atoms with Crippen LogP contribution in [0.5, 0.6) is 0 Å². The van der Waals surface area contributed by atoms with Crippen LogP contribution in [0.25, 0.3) is 11.2 Å². The third-order valence-electron chi connectivity index (χ3n) is 14.0. The number of hydrogen-bond acceptors (Lipinski definition) is 18. The van der Waals surface area contributed by atoms with Gasteiger partial charge in [-0.05, 0) is 87.7 Å². The second kappa shape index (κ2) is 29.0. The lowest BCUT2D eigenvalue weighted by Gasteiger charge is -2.30. The van der Waals surface area contributed by atoms with Crippen molar-refractivity contribution in [2.24, 2.45) is 0 Å². The number of piperidine rings is 1. The number of fused-ring (bicyclic) bond motifs is 2. The second-order valence-corrected chi connectivity index (χ2v) is 21.1. The van der Waals surface area contributed by atoms with Crippen molar-refractivity contribution in [3.8, 4) is 0 Å². The van der Waals surface area contributed by atoms with Gasteiger partial charge in [-0.3, -0.25) is 43.7 Å². The lowest BCUT2D eigenvalue weighted by atomic mass is 9.87. The number of ether oxygens (including phenoxy) is 4. The number of anilines is 3. The van der Waals surface area contributed by atoms with Crippen LogP contribution in [0.4, 0.5) is 22.0 Å². The minimum Gasteiger partial charge on any atom is -0.387 e. The van der Waals surface area contributed by atoms with Crippen molar-refractivity contribution >= 4 is 63.9 Å². The Bertz CT molecular complexity index is 2700. The molecule has 5 atom stereocenters. The zero-order chi connectivity index (χ0) is 56.5. The zero-order valence-corrected chi connectivity index (χ0v) is 46.0. The first kappa shape index (κ1) is 60.0. The highest BCUT2D eigenvalue weighted by Gasteiger charge is 2.47. The van der Waals surface area contributed by atoms with E-state index in [0.717, 1.165) is 42.8 Å². The zero-order valence-electron chi connectivity index (χ0n) is 46.0. The molecular weight excluding hydrogens is 1020 g/mol. The molecule has 24 nitrogen and oxygen atoms in total. The SMILES string of the molecule is CC(C)N(CCCCCNC(=O)Nc1ccc(C(C)(C)C)cc1)C[C@H]1O[C@@H](n2cnc3c(NCCCCNC(=O)CCOCCOCCOCCNc4cccc5c4C(=O)N(C4CCC(=O)NC4=O)C5=O)ncnc32)C(O)C1O. The molecule has 2 fully saturated rings. The number of aliphatic hydroxyl groups is 2. The molecule has 3 aliphatic rings. The number of hydrogen-bond donors (Lipinski definition) is 8. The lowest BCUT2D eigenvalue weighted by molar-refractivity contribution is -0.136. The van der Waals surface area contributed by atoms with E-state index in [2.05, 4.69) is 86.4 Å². The number of rotatable bonds is 31. The van der Waals surface area contributed by atoms with E-state index in [1.54, 1.807) is 16.7 Å². The fraction of sp³-hybridized carbons (Fsp3) is 0.582. The van der Waals surface area contributed by atoms with E-state index >= 15 is 0 Å². The number of carbonyl (C=O) groups excluding carboxylic acids is 6. The van der Waals surface area contributed by atoms with Gasteiger partial charge in [-0.2, -0.15) is 0 Å². The maximum atomic E-state index is 13.3. The largest absolute Gasteiger partial charge is 0.387 e. The molecule has 79 heavy (non-hydrogen) atoms. The molecule has 0 bridgehead atoms. The smallest absolute Gasteiger partial charge is 0.319 e. The van der Waals surface area contributed by atoms with Gasteiger partial charge in [0.05, 0.1) is 57.1 Å². The molecule has 2 saturated heterocycles. The third-order valence-corrected chi connectivity index (χ3v) is 14.0. The van der Waals surface area contributed by atoms with E-state index in [9.17, 15) is 39.0 Å². The quantitative estimate of drug-likeness (QED) is 0.0263. The lowest BCUT2D eigenvalue weighted by Crippen LogP contribution is -2.54. The number of amides is 7. The van der Waals surface area contributed by atoms with E-state index in [1.807, 2.05) is 24.3 Å². The summed E-state index contributed by atoms with van der Waals surface area (Å²) in [5, 5.41) is 39.7. The molecule has 0 saturated carbocycles. The number of benzene rings is 2. The monoisotopic (exact) mass is 1100 g/mol. The fourth-order valence-corrected chi connectivity index (χ4v) is 9.52. The van der Waals surface area contributed by atoms with Gasteiger partial charge in [-0.1, -0.05) is 45.4 Å². The predicted octanol–water partition coefficient (Wildman–Crippen LogP) is 3.71. The molecule has 24 heteroatoms. The summed E-state index contributed by atoms with van der Waals surface area (Å²) in [6.07, 6.45) is 3.42. The Balaban J connectivity index is 0.701. The van der Waals surface area contributed by atoms with Crippen molar-refractivity contribution in [3.63, 3.8) is 0 Å². The van der Waals surface area contributed by atoms with Gasteiger partial charge in [0.1, 0.15) is 30.7 Å². The van der Waals surface area contributed by atoms with E-state index < -0.39 is 54.2 Å². The standard InChI is InChI=1S/C55H78N12O12/c1-35(2)65(25-10-6-7-23-59-54(75)63-37-16-14-36(15-17-37)55(3,4)5)32-41-46(70)47(71)53(79-41)66-34-62-45-48(60-33-61-49(45)66)58-22-9-8-21-57-42(68)20-26-76-28-30-78-31-29-77-27-24-56-39-13-11-12-38-44(39)52(74)67(51(38)73)40-18-19-43(69)64-50(40)72/h11-17,33-35,40-41,46-47,53,56,70-71H,6-10,18-32H2,1-5H3,(H,57,68)(H,58,60,61)(H2,59,63,75)(H,64,69,72)/t40?,41-,46?,47?,53-/m1/s1. The van der Waals surface area contributed by atoms with E-state index in [4.69, 9.17) is 18.9 Å². The summed E-state index contributed by atoms with van der Waals surface area (Å²) in [5.41, 5.74) is 3.77. The average molecular weight is 1100 g/mol. The Morgan fingerprint density at radius 1 is 0.810 bits per heavy atom. The molecule has 2 aromatic carbocycles. The number of aliphatic hydroxyl groups excluding tert-OH is 2. The Hall–Kier alpha value is -6.67. The molecule has 0 spiro atoms. The number of unbranched alkanes of at least 4 members (excludes halogenated alkanes) is 3. The minimum absolute atomic E-state index is 0.0407. The van der Waals surface area contributed by atoms with E-state index in [0.29, 0.717) is 94.8 Å².